The fourth-order valence-electron chi connectivity index (χ4n) is 0.151. The van der Waals surface area contributed by atoms with Gasteiger partial charge in [-0.15, -0.1) is 0 Å². The SMILES string of the molecule is [CH2]C#CC#CC[CH2]. The minimum atomic E-state index is 0.620. The van der Waals surface area contributed by atoms with Crippen LogP contribution in [0.2, 0.25) is 0 Å². The van der Waals surface area contributed by atoms with Gasteiger partial charge in [0.05, 0.1) is 0 Å². The summed E-state index contributed by atoms with van der Waals surface area (Å²) in [6.07, 6.45) is 0.620. The summed E-state index contributed by atoms with van der Waals surface area (Å²) in [5, 5.41) is 0. The number of hydrogen-bond acceptors (Lipinski definition) is 0. The fraction of sp³-hybridized carbons (Fsp3) is 0.143. The molecule has 34 valence electrons. The molecular weight excluding hydrogens is 84.1 g/mol. The van der Waals surface area contributed by atoms with Crippen LogP contribution in [0.25, 0.3) is 0 Å². The molecule has 0 aromatic rings. The Morgan fingerprint density at radius 1 is 1.29 bits per heavy atom. The van der Waals surface area contributed by atoms with Crippen molar-refractivity contribution < 1.29 is 0 Å². The molecule has 0 aliphatic heterocycles. The van der Waals surface area contributed by atoms with E-state index in [9.17, 15) is 0 Å². The third-order valence-corrected chi connectivity index (χ3v) is 0.364. The zero-order valence-corrected chi connectivity index (χ0v) is 4.12. The Morgan fingerprint density at radius 3 is 2.43 bits per heavy atom. The largest absolute Gasteiger partial charge is 0.0891 e. The lowest BCUT2D eigenvalue weighted by molar-refractivity contribution is 1.49. The Hall–Kier alpha value is -0.880. The maximum atomic E-state index is 3.50. The van der Waals surface area contributed by atoms with Crippen LogP contribution in [-0.4, -0.2) is 0 Å². The third kappa shape index (κ3) is 5.12. The molecule has 0 nitrogen and oxygen atoms in total. The van der Waals surface area contributed by atoms with Crippen LogP contribution in [-0.2, 0) is 0 Å². The molecule has 7 heavy (non-hydrogen) atoms. The predicted molar refractivity (Wildman–Crippen MR) is 30.9 cm³/mol. The van der Waals surface area contributed by atoms with Crippen molar-refractivity contribution >= 4 is 0 Å². The van der Waals surface area contributed by atoms with Crippen LogP contribution in [0.5, 0.6) is 0 Å². The maximum absolute atomic E-state index is 3.50. The lowest BCUT2D eigenvalue weighted by atomic mass is 10.5. The molecule has 0 rings (SSSR count). The van der Waals surface area contributed by atoms with Gasteiger partial charge < -0.3 is 0 Å². The van der Waals surface area contributed by atoms with Crippen LogP contribution in [0.1, 0.15) is 6.42 Å². The van der Waals surface area contributed by atoms with Crippen molar-refractivity contribution in [3.8, 4) is 23.7 Å². The van der Waals surface area contributed by atoms with E-state index in [0.29, 0.717) is 6.42 Å². The van der Waals surface area contributed by atoms with Gasteiger partial charge in [0.1, 0.15) is 0 Å². The first-order valence-corrected chi connectivity index (χ1v) is 1.96. The van der Waals surface area contributed by atoms with Crippen LogP contribution >= 0.6 is 0 Å². The molecule has 0 aliphatic rings. The van der Waals surface area contributed by atoms with Crippen molar-refractivity contribution in [2.45, 2.75) is 6.42 Å². The van der Waals surface area contributed by atoms with E-state index in [2.05, 4.69) is 37.5 Å². The van der Waals surface area contributed by atoms with E-state index in [1.807, 2.05) is 0 Å². The molecule has 0 N–H and O–H groups in total. The van der Waals surface area contributed by atoms with Gasteiger partial charge in [0.25, 0.3) is 0 Å². The highest BCUT2D eigenvalue weighted by atomic mass is 13.6. The second kappa shape index (κ2) is 5.12. The fourth-order valence-corrected chi connectivity index (χ4v) is 0.151. The average Bonchev–Trinajstić information content (AvgIpc) is 1.69. The Bertz CT molecular complexity index is 133. The van der Waals surface area contributed by atoms with Crippen LogP contribution in [0.3, 0.4) is 0 Å². The quantitative estimate of drug-likeness (QED) is 0.390. The van der Waals surface area contributed by atoms with E-state index in [1.165, 1.54) is 0 Å². The normalized spacial score (nSPS) is 4.86. The van der Waals surface area contributed by atoms with Crippen LogP contribution in [0.4, 0.5) is 0 Å². The van der Waals surface area contributed by atoms with Crippen molar-refractivity contribution in [1.82, 2.24) is 0 Å². The molecule has 0 saturated carbocycles. The summed E-state index contributed by atoms with van der Waals surface area (Å²) in [6.45, 7) is 6.77. The maximum Gasteiger partial charge on any atom is 0.0209 e. The molecule has 0 aromatic carbocycles. The lowest BCUT2D eigenvalue weighted by Gasteiger charge is -1.59. The molecule has 0 unspecified atom stereocenters. The average molecular weight is 90.1 g/mol. The first-order chi connectivity index (χ1) is 3.41. The van der Waals surface area contributed by atoms with Gasteiger partial charge in [-0.2, -0.15) is 0 Å². The van der Waals surface area contributed by atoms with E-state index in [4.69, 9.17) is 0 Å². The minimum absolute atomic E-state index is 0.620. The summed E-state index contributed by atoms with van der Waals surface area (Å²) in [4.78, 5) is 0. The third-order valence-electron chi connectivity index (χ3n) is 0.364. The summed E-state index contributed by atoms with van der Waals surface area (Å²) in [5.74, 6) is 10.1. The van der Waals surface area contributed by atoms with Gasteiger partial charge in [0.2, 0.25) is 0 Å². The van der Waals surface area contributed by atoms with Gasteiger partial charge in [0, 0.05) is 13.3 Å². The van der Waals surface area contributed by atoms with Gasteiger partial charge in [-0.3, -0.25) is 0 Å². The molecule has 0 atom stereocenters. The van der Waals surface area contributed by atoms with Crippen molar-refractivity contribution in [3.63, 3.8) is 0 Å². The van der Waals surface area contributed by atoms with Gasteiger partial charge >= 0.3 is 0 Å². The van der Waals surface area contributed by atoms with E-state index >= 15 is 0 Å². The second-order valence-electron chi connectivity index (χ2n) is 0.854. The van der Waals surface area contributed by atoms with Crippen molar-refractivity contribution in [3.05, 3.63) is 13.8 Å². The molecule has 0 heteroatoms. The summed E-state index contributed by atoms with van der Waals surface area (Å²) in [5.41, 5.74) is 0. The highest BCUT2D eigenvalue weighted by Crippen LogP contribution is 1.62. The smallest absolute Gasteiger partial charge is 0.0209 e. The zero-order chi connectivity index (χ0) is 5.54. The first kappa shape index (κ1) is 6.12. The molecule has 0 heterocycles. The first-order valence-electron chi connectivity index (χ1n) is 1.96. The zero-order valence-electron chi connectivity index (χ0n) is 4.12. The lowest BCUT2D eigenvalue weighted by Crippen LogP contribution is -1.51. The molecule has 0 saturated heterocycles. The number of hydrogen-bond donors (Lipinski definition) is 0. The molecule has 0 fully saturated rings. The van der Waals surface area contributed by atoms with E-state index in [0.717, 1.165) is 0 Å². The Labute approximate surface area is 44.9 Å². The van der Waals surface area contributed by atoms with Crippen molar-refractivity contribution in [1.29, 1.82) is 0 Å². The van der Waals surface area contributed by atoms with Crippen LogP contribution in [0.15, 0.2) is 0 Å². The van der Waals surface area contributed by atoms with E-state index in [-0.39, 0.29) is 0 Å². The summed E-state index contributed by atoms with van der Waals surface area (Å²) >= 11 is 0. The van der Waals surface area contributed by atoms with Crippen molar-refractivity contribution in [2.24, 2.45) is 0 Å². The Morgan fingerprint density at radius 2 is 2.00 bits per heavy atom. The molecular formula is C7H6. The van der Waals surface area contributed by atoms with Gasteiger partial charge in [-0.1, -0.05) is 11.8 Å². The Balaban J connectivity index is 3.39. The molecule has 0 aromatic heterocycles. The molecule has 0 bridgehead atoms. The Kier molecular flexibility index (Phi) is 4.48. The van der Waals surface area contributed by atoms with Gasteiger partial charge in [-0.25, -0.2) is 0 Å². The molecule has 0 aliphatic carbocycles. The van der Waals surface area contributed by atoms with Crippen LogP contribution < -0.4 is 0 Å². The molecule has 0 spiro atoms. The summed E-state index contributed by atoms with van der Waals surface area (Å²) < 4.78 is 0. The summed E-state index contributed by atoms with van der Waals surface area (Å²) in [7, 11) is 0. The minimum Gasteiger partial charge on any atom is -0.0891 e. The highest BCUT2D eigenvalue weighted by Gasteiger charge is 1.53. The monoisotopic (exact) mass is 90.0 g/mol. The van der Waals surface area contributed by atoms with Crippen LogP contribution in [0, 0.1) is 37.5 Å². The molecule has 2 radical (unpaired) electrons. The molecule has 0 amide bonds. The number of rotatable bonds is 0. The highest BCUT2D eigenvalue weighted by molar-refractivity contribution is 5.26. The van der Waals surface area contributed by atoms with E-state index in [1.54, 1.807) is 0 Å². The standard InChI is InChI=1S/C7H6/c1-3-5-7-6-4-2/h1-3H2. The predicted octanol–water partition coefficient (Wildman–Crippen LogP) is 1.05. The van der Waals surface area contributed by atoms with E-state index < -0.39 is 0 Å². The van der Waals surface area contributed by atoms with Crippen molar-refractivity contribution in [2.75, 3.05) is 0 Å². The van der Waals surface area contributed by atoms with Gasteiger partial charge in [0.15, 0.2) is 0 Å². The summed E-state index contributed by atoms with van der Waals surface area (Å²) in [6, 6.07) is 0. The van der Waals surface area contributed by atoms with Gasteiger partial charge in [-0.05, 0) is 18.8 Å². The second-order valence-corrected chi connectivity index (χ2v) is 0.854. The topological polar surface area (TPSA) is 0 Å².